The molecule has 4 aromatic rings. The van der Waals surface area contributed by atoms with Crippen LogP contribution in [0.15, 0.2) is 64.5 Å². The molecule has 8 heteroatoms. The van der Waals surface area contributed by atoms with Crippen molar-refractivity contribution in [3.8, 4) is 11.6 Å². The van der Waals surface area contributed by atoms with Crippen LogP contribution in [0.25, 0.3) is 11.6 Å². The first kappa shape index (κ1) is 16.9. The third kappa shape index (κ3) is 3.40. The number of imidazole rings is 1. The summed E-state index contributed by atoms with van der Waals surface area (Å²) >= 11 is 7.64. The third-order valence-corrected chi connectivity index (χ3v) is 5.31. The second kappa shape index (κ2) is 7.39. The normalized spacial score (nSPS) is 11.2. The molecule has 1 aromatic carbocycles. The van der Waals surface area contributed by atoms with E-state index >= 15 is 0 Å². The number of aromatic nitrogens is 5. The second-order valence-electron chi connectivity index (χ2n) is 5.70. The number of benzene rings is 1. The summed E-state index contributed by atoms with van der Waals surface area (Å²) < 4.78 is 9.45. The summed E-state index contributed by atoms with van der Waals surface area (Å²) in [6.07, 6.45) is 3.29. The van der Waals surface area contributed by atoms with Crippen molar-refractivity contribution in [2.75, 3.05) is 0 Å². The monoisotopic (exact) mass is 385 g/mol. The van der Waals surface area contributed by atoms with E-state index in [1.807, 2.05) is 41.9 Å². The zero-order chi connectivity index (χ0) is 17.9. The van der Waals surface area contributed by atoms with Crippen molar-refractivity contribution in [2.24, 2.45) is 7.05 Å². The number of halogens is 1. The van der Waals surface area contributed by atoms with Crippen molar-refractivity contribution >= 4 is 23.4 Å². The van der Waals surface area contributed by atoms with E-state index in [0.29, 0.717) is 29.0 Å². The zero-order valence-electron chi connectivity index (χ0n) is 14.0. The molecule has 3 aromatic heterocycles. The van der Waals surface area contributed by atoms with E-state index in [2.05, 4.69) is 31.9 Å². The number of thioether (sulfide) groups is 1. The molecular weight excluding hydrogens is 370 g/mol. The van der Waals surface area contributed by atoms with Gasteiger partial charge < -0.3 is 8.98 Å². The van der Waals surface area contributed by atoms with Gasteiger partial charge in [-0.25, -0.2) is 4.98 Å². The average molecular weight is 386 g/mol. The van der Waals surface area contributed by atoms with Gasteiger partial charge >= 0.3 is 0 Å². The third-order valence-electron chi connectivity index (χ3n) is 4.00. The van der Waals surface area contributed by atoms with Crippen molar-refractivity contribution in [1.29, 1.82) is 0 Å². The lowest BCUT2D eigenvalue weighted by Crippen LogP contribution is -2.04. The fraction of sp³-hybridized carbons (Fsp3) is 0.167. The molecule has 6 nitrogen and oxygen atoms in total. The van der Waals surface area contributed by atoms with Gasteiger partial charge in [-0.15, -0.1) is 10.2 Å². The van der Waals surface area contributed by atoms with Crippen molar-refractivity contribution in [3.63, 3.8) is 0 Å². The van der Waals surface area contributed by atoms with Crippen LogP contribution in [-0.2, 0) is 19.3 Å². The van der Waals surface area contributed by atoms with Gasteiger partial charge in [0.1, 0.15) is 11.0 Å². The molecular formula is C18H16ClN5OS. The second-order valence-corrected chi connectivity index (χ2v) is 7.03. The van der Waals surface area contributed by atoms with Gasteiger partial charge in [0.15, 0.2) is 10.9 Å². The number of furan rings is 1. The first-order valence-corrected chi connectivity index (χ1v) is 9.38. The molecule has 0 N–H and O–H groups in total. The minimum Gasteiger partial charge on any atom is -0.461 e. The lowest BCUT2D eigenvalue weighted by Gasteiger charge is -2.09. The smallest absolute Gasteiger partial charge is 0.200 e. The topological polar surface area (TPSA) is 61.7 Å². The quantitative estimate of drug-likeness (QED) is 0.464. The van der Waals surface area contributed by atoms with Gasteiger partial charge in [0.25, 0.3) is 0 Å². The van der Waals surface area contributed by atoms with Gasteiger partial charge in [-0.05, 0) is 17.7 Å². The Balaban J connectivity index is 1.64. The van der Waals surface area contributed by atoms with Gasteiger partial charge in [-0.1, -0.05) is 53.7 Å². The molecule has 0 radical (unpaired) electrons. The standard InChI is InChI=1S/C18H16ClN5OS/c1-23-15(19)10-20-16(23)12-26-18-22-21-17(14-8-5-9-25-14)24(18)11-13-6-3-2-4-7-13/h2-10H,11-12H2,1H3. The molecule has 3 heterocycles. The van der Waals surface area contributed by atoms with Crippen LogP contribution in [0.3, 0.4) is 0 Å². The molecule has 0 unspecified atom stereocenters. The van der Waals surface area contributed by atoms with Gasteiger partial charge in [-0.3, -0.25) is 4.57 Å². The van der Waals surface area contributed by atoms with Crippen molar-refractivity contribution in [3.05, 3.63) is 71.5 Å². The Hall–Kier alpha value is -2.51. The lowest BCUT2D eigenvalue weighted by atomic mass is 10.2. The maximum Gasteiger partial charge on any atom is 0.200 e. The molecule has 0 aliphatic rings. The largest absolute Gasteiger partial charge is 0.461 e. The number of hydrogen-bond donors (Lipinski definition) is 0. The predicted octanol–water partition coefficient (Wildman–Crippen LogP) is 4.27. The predicted molar refractivity (Wildman–Crippen MR) is 101 cm³/mol. The Morgan fingerprint density at radius 1 is 1.12 bits per heavy atom. The van der Waals surface area contributed by atoms with E-state index in [4.69, 9.17) is 16.0 Å². The SMILES string of the molecule is Cn1c(Cl)cnc1CSc1nnc(-c2ccco2)n1Cc1ccccc1. The van der Waals surface area contributed by atoms with Crippen LogP contribution in [-0.4, -0.2) is 24.3 Å². The molecule has 0 fully saturated rings. The van der Waals surface area contributed by atoms with E-state index in [1.165, 1.54) is 5.56 Å². The Labute approximate surface area is 159 Å². The summed E-state index contributed by atoms with van der Waals surface area (Å²) in [5.74, 6) is 2.93. The average Bonchev–Trinajstić information content (AvgIpc) is 3.38. The molecule has 0 spiro atoms. The summed E-state index contributed by atoms with van der Waals surface area (Å²) in [5, 5.41) is 10.1. The summed E-state index contributed by atoms with van der Waals surface area (Å²) in [6, 6.07) is 13.9. The fourth-order valence-corrected chi connectivity index (χ4v) is 3.66. The van der Waals surface area contributed by atoms with Crippen molar-refractivity contribution in [2.45, 2.75) is 17.5 Å². The van der Waals surface area contributed by atoms with E-state index < -0.39 is 0 Å². The molecule has 0 atom stereocenters. The zero-order valence-corrected chi connectivity index (χ0v) is 15.6. The van der Waals surface area contributed by atoms with Gasteiger partial charge in [0.05, 0.1) is 24.8 Å². The van der Waals surface area contributed by atoms with Gasteiger partial charge in [-0.2, -0.15) is 0 Å². The highest BCUT2D eigenvalue weighted by molar-refractivity contribution is 7.98. The van der Waals surface area contributed by atoms with Crippen molar-refractivity contribution in [1.82, 2.24) is 24.3 Å². The van der Waals surface area contributed by atoms with Crippen LogP contribution in [0.2, 0.25) is 5.15 Å². The summed E-state index contributed by atoms with van der Waals surface area (Å²) in [4.78, 5) is 4.33. The molecule has 0 saturated heterocycles. The van der Waals surface area contributed by atoms with E-state index in [1.54, 1.807) is 24.2 Å². The van der Waals surface area contributed by atoms with E-state index in [-0.39, 0.29) is 0 Å². The fourth-order valence-electron chi connectivity index (χ4n) is 2.58. The molecule has 4 rings (SSSR count). The van der Waals surface area contributed by atoms with Crippen LogP contribution in [0.1, 0.15) is 11.4 Å². The maximum absolute atomic E-state index is 6.07. The summed E-state index contributed by atoms with van der Waals surface area (Å²) in [5.41, 5.74) is 1.17. The van der Waals surface area contributed by atoms with Crippen LogP contribution < -0.4 is 0 Å². The number of nitrogens with zero attached hydrogens (tertiary/aromatic N) is 5. The number of hydrogen-bond acceptors (Lipinski definition) is 5. The first-order valence-electron chi connectivity index (χ1n) is 8.02. The number of rotatable bonds is 6. The Bertz CT molecular complexity index is 994. The van der Waals surface area contributed by atoms with E-state index in [0.717, 1.165) is 11.0 Å². The highest BCUT2D eigenvalue weighted by Crippen LogP contribution is 2.27. The molecule has 0 aliphatic carbocycles. The maximum atomic E-state index is 6.07. The van der Waals surface area contributed by atoms with Gasteiger partial charge in [0, 0.05) is 7.05 Å². The van der Waals surface area contributed by atoms with Crippen LogP contribution >= 0.6 is 23.4 Å². The Morgan fingerprint density at radius 2 is 1.96 bits per heavy atom. The van der Waals surface area contributed by atoms with E-state index in [9.17, 15) is 0 Å². The van der Waals surface area contributed by atoms with Crippen LogP contribution in [0.5, 0.6) is 0 Å². The molecule has 0 saturated carbocycles. The summed E-state index contributed by atoms with van der Waals surface area (Å²) in [7, 11) is 1.90. The van der Waals surface area contributed by atoms with Gasteiger partial charge in [0.2, 0.25) is 5.82 Å². The molecule has 0 amide bonds. The highest BCUT2D eigenvalue weighted by atomic mass is 35.5. The Kier molecular flexibility index (Phi) is 4.81. The van der Waals surface area contributed by atoms with Crippen LogP contribution in [0.4, 0.5) is 0 Å². The lowest BCUT2D eigenvalue weighted by molar-refractivity contribution is 0.569. The highest BCUT2D eigenvalue weighted by Gasteiger charge is 2.17. The minimum absolute atomic E-state index is 0.614. The Morgan fingerprint density at radius 3 is 2.65 bits per heavy atom. The minimum atomic E-state index is 0.614. The van der Waals surface area contributed by atoms with Crippen molar-refractivity contribution < 1.29 is 4.42 Å². The summed E-state index contributed by atoms with van der Waals surface area (Å²) in [6.45, 7) is 0.660. The van der Waals surface area contributed by atoms with Crippen LogP contribution in [0, 0.1) is 0 Å². The molecule has 132 valence electrons. The molecule has 26 heavy (non-hydrogen) atoms. The molecule has 0 aliphatic heterocycles. The molecule has 0 bridgehead atoms. The first-order chi connectivity index (χ1) is 12.7.